The number of nitrogens with zero attached hydrogens (tertiary/aromatic N) is 5. The highest BCUT2D eigenvalue weighted by Gasteiger charge is 2.34. The number of carbonyl (C=O) groups excluding carboxylic acids is 1. The minimum absolute atomic E-state index is 0.0267. The summed E-state index contributed by atoms with van der Waals surface area (Å²) in [6.45, 7) is 1.84. The second-order valence-corrected chi connectivity index (χ2v) is 7.91. The molecule has 0 radical (unpaired) electrons. The van der Waals surface area contributed by atoms with Crippen LogP contribution in [0, 0.1) is 5.92 Å². The Balaban J connectivity index is 1.29. The van der Waals surface area contributed by atoms with Crippen LogP contribution in [0.1, 0.15) is 34.6 Å². The van der Waals surface area contributed by atoms with Crippen LogP contribution in [0.5, 0.6) is 0 Å². The molecule has 0 N–H and O–H groups in total. The molecule has 1 amide bonds. The third kappa shape index (κ3) is 2.82. The Morgan fingerprint density at radius 2 is 1.93 bits per heavy atom. The fraction of sp³-hybridized carbons (Fsp3) is 0.429. The van der Waals surface area contributed by atoms with Crippen molar-refractivity contribution in [1.29, 1.82) is 0 Å². The first kappa shape index (κ1) is 17.2. The van der Waals surface area contributed by atoms with Gasteiger partial charge in [-0.2, -0.15) is 10.2 Å². The minimum Gasteiger partial charge on any atom is -0.336 e. The lowest BCUT2D eigenvalue weighted by molar-refractivity contribution is 0.0453. The molecule has 0 spiro atoms. The summed E-state index contributed by atoms with van der Waals surface area (Å²) in [5.74, 6) is 0.213. The molecule has 1 aliphatic carbocycles. The fourth-order valence-corrected chi connectivity index (χ4v) is 4.35. The number of likely N-dealkylation sites (tertiary alicyclic amines) is 1. The highest BCUT2D eigenvalue weighted by Crippen LogP contribution is 2.24. The van der Waals surface area contributed by atoms with Crippen molar-refractivity contribution in [3.05, 3.63) is 57.6 Å². The monoisotopic (exact) mass is 377 g/mol. The third-order valence-corrected chi connectivity index (χ3v) is 5.91. The predicted molar refractivity (Wildman–Crippen MR) is 105 cm³/mol. The fourth-order valence-electron chi connectivity index (χ4n) is 4.35. The van der Waals surface area contributed by atoms with E-state index in [1.54, 1.807) is 15.4 Å². The van der Waals surface area contributed by atoms with Crippen molar-refractivity contribution in [1.82, 2.24) is 24.5 Å². The van der Waals surface area contributed by atoms with Crippen LogP contribution in [0.4, 0.5) is 0 Å². The van der Waals surface area contributed by atoms with Crippen molar-refractivity contribution in [2.75, 3.05) is 13.1 Å². The van der Waals surface area contributed by atoms with Crippen molar-refractivity contribution in [3.8, 4) is 0 Å². The van der Waals surface area contributed by atoms with E-state index in [2.05, 4.69) is 10.2 Å². The summed E-state index contributed by atoms with van der Waals surface area (Å²) in [6, 6.07) is 9.52. The first-order chi connectivity index (χ1) is 13.6. The number of fused-ring (bicyclic) bond motifs is 2. The van der Waals surface area contributed by atoms with Crippen molar-refractivity contribution < 1.29 is 4.79 Å². The van der Waals surface area contributed by atoms with Gasteiger partial charge >= 0.3 is 0 Å². The Morgan fingerprint density at radius 1 is 1.14 bits per heavy atom. The second kappa shape index (κ2) is 6.58. The van der Waals surface area contributed by atoms with Crippen LogP contribution in [-0.4, -0.2) is 43.5 Å². The van der Waals surface area contributed by atoms with Gasteiger partial charge in [-0.1, -0.05) is 18.2 Å². The Hall–Kier alpha value is -2.96. The normalized spacial score (nSPS) is 16.8. The molecule has 5 rings (SSSR count). The summed E-state index contributed by atoms with van der Waals surface area (Å²) < 4.78 is 3.34. The number of carbonyl (C=O) groups is 1. The Morgan fingerprint density at radius 3 is 2.79 bits per heavy atom. The van der Waals surface area contributed by atoms with Crippen molar-refractivity contribution >= 4 is 16.8 Å². The Labute approximate surface area is 162 Å². The molecule has 0 unspecified atom stereocenters. The van der Waals surface area contributed by atoms with E-state index in [-0.39, 0.29) is 17.4 Å². The van der Waals surface area contributed by atoms with Crippen LogP contribution in [0.15, 0.2) is 35.1 Å². The van der Waals surface area contributed by atoms with Gasteiger partial charge in [0.25, 0.3) is 11.5 Å². The van der Waals surface area contributed by atoms with Gasteiger partial charge in [-0.15, -0.1) is 0 Å². The maximum absolute atomic E-state index is 12.9. The van der Waals surface area contributed by atoms with Gasteiger partial charge in [-0.3, -0.25) is 14.3 Å². The number of hydrogen-bond donors (Lipinski definition) is 0. The first-order valence-corrected chi connectivity index (χ1v) is 9.91. The van der Waals surface area contributed by atoms with Gasteiger partial charge < -0.3 is 4.90 Å². The summed E-state index contributed by atoms with van der Waals surface area (Å²) in [7, 11) is 1.85. The van der Waals surface area contributed by atoms with Crippen LogP contribution in [0.2, 0.25) is 0 Å². The molecule has 3 aromatic rings. The molecule has 0 atom stereocenters. The highest BCUT2D eigenvalue weighted by atomic mass is 16.2. The quantitative estimate of drug-likeness (QED) is 0.697. The zero-order valence-electron chi connectivity index (χ0n) is 16.0. The molecular formula is C21H23N5O2. The van der Waals surface area contributed by atoms with E-state index in [1.807, 2.05) is 36.2 Å². The molecular weight excluding hydrogens is 354 g/mol. The zero-order valence-corrected chi connectivity index (χ0v) is 16.0. The lowest BCUT2D eigenvalue weighted by atomic mass is 9.96. The van der Waals surface area contributed by atoms with E-state index in [4.69, 9.17) is 0 Å². The number of para-hydroxylation sites is 1. The third-order valence-electron chi connectivity index (χ3n) is 5.91. The van der Waals surface area contributed by atoms with Gasteiger partial charge in [0.2, 0.25) is 0 Å². The largest absolute Gasteiger partial charge is 0.336 e. The average molecular weight is 377 g/mol. The standard InChI is InChI=1S/C21H23N5O2/c1-24-18-9-5-3-7-16(18)20(23-24)21(28)25-11-14(12-25)13-26-19(27)10-15-6-2-4-8-17(15)22-26/h3,5,7,9-10,14H,2,4,6,8,11-13H2,1H3. The SMILES string of the molecule is Cn1nc(C(=O)N2CC(Cn3nc4c(cc3=O)CCCC4)C2)c2ccccc21. The van der Waals surface area contributed by atoms with Gasteiger partial charge in [0.05, 0.1) is 17.8 Å². The van der Waals surface area contributed by atoms with E-state index < -0.39 is 0 Å². The summed E-state index contributed by atoms with van der Waals surface area (Å²) in [5, 5.41) is 9.89. The van der Waals surface area contributed by atoms with Crippen LogP contribution in [0.25, 0.3) is 10.9 Å². The molecule has 1 fully saturated rings. The summed E-state index contributed by atoms with van der Waals surface area (Å²) in [6.07, 6.45) is 4.20. The van der Waals surface area contributed by atoms with E-state index in [0.717, 1.165) is 47.8 Å². The summed E-state index contributed by atoms with van der Waals surface area (Å²) in [4.78, 5) is 27.0. The van der Waals surface area contributed by atoms with Gasteiger partial charge in [0.1, 0.15) is 0 Å². The second-order valence-electron chi connectivity index (χ2n) is 7.91. The molecule has 7 heteroatoms. The van der Waals surface area contributed by atoms with Crippen molar-refractivity contribution in [2.24, 2.45) is 13.0 Å². The van der Waals surface area contributed by atoms with Gasteiger partial charge in [0.15, 0.2) is 5.69 Å². The topological polar surface area (TPSA) is 73.0 Å². The molecule has 3 heterocycles. The van der Waals surface area contributed by atoms with Crippen molar-refractivity contribution in [3.63, 3.8) is 0 Å². The molecule has 0 bridgehead atoms. The summed E-state index contributed by atoms with van der Waals surface area (Å²) >= 11 is 0. The van der Waals surface area contributed by atoms with Crippen LogP contribution >= 0.6 is 0 Å². The smallest absolute Gasteiger partial charge is 0.275 e. The highest BCUT2D eigenvalue weighted by molar-refractivity contribution is 6.05. The molecule has 2 aromatic heterocycles. The van der Waals surface area contributed by atoms with E-state index >= 15 is 0 Å². The van der Waals surface area contributed by atoms with Crippen molar-refractivity contribution in [2.45, 2.75) is 32.2 Å². The van der Waals surface area contributed by atoms with Crippen LogP contribution in [-0.2, 0) is 26.4 Å². The average Bonchev–Trinajstić information content (AvgIpc) is 3.01. The number of hydrogen-bond acceptors (Lipinski definition) is 4. The number of benzene rings is 1. The van der Waals surface area contributed by atoms with Crippen LogP contribution < -0.4 is 5.56 Å². The molecule has 7 nitrogen and oxygen atoms in total. The lowest BCUT2D eigenvalue weighted by Gasteiger charge is -2.39. The zero-order chi connectivity index (χ0) is 19.3. The Kier molecular flexibility index (Phi) is 4.03. The van der Waals surface area contributed by atoms with E-state index in [9.17, 15) is 9.59 Å². The maximum atomic E-state index is 12.9. The number of rotatable bonds is 3. The van der Waals surface area contributed by atoms with Gasteiger partial charge in [0, 0.05) is 37.5 Å². The van der Waals surface area contributed by atoms with Crippen LogP contribution in [0.3, 0.4) is 0 Å². The van der Waals surface area contributed by atoms with Gasteiger partial charge in [-0.05, 0) is 37.3 Å². The molecule has 1 saturated heterocycles. The summed E-state index contributed by atoms with van der Waals surface area (Å²) in [5.41, 5.74) is 3.60. The van der Waals surface area contributed by atoms with E-state index in [0.29, 0.717) is 25.3 Å². The predicted octanol–water partition coefficient (Wildman–Crippen LogP) is 1.78. The molecule has 144 valence electrons. The maximum Gasteiger partial charge on any atom is 0.275 e. The van der Waals surface area contributed by atoms with Gasteiger partial charge in [-0.25, -0.2) is 4.68 Å². The number of aromatic nitrogens is 4. The van der Waals surface area contributed by atoms with E-state index in [1.165, 1.54) is 0 Å². The molecule has 2 aliphatic rings. The first-order valence-electron chi connectivity index (χ1n) is 9.91. The molecule has 1 aliphatic heterocycles. The molecule has 0 saturated carbocycles. The molecule has 1 aromatic carbocycles. The molecule has 28 heavy (non-hydrogen) atoms. The Bertz CT molecular complexity index is 1120. The lowest BCUT2D eigenvalue weighted by Crippen LogP contribution is -2.52. The number of aryl methyl sites for hydroxylation is 3. The number of amides is 1. The minimum atomic E-state index is -0.0428.